The molecule has 2 aromatic rings. The Labute approximate surface area is 92.6 Å². The second-order valence-electron chi connectivity index (χ2n) is 2.50. The zero-order chi connectivity index (χ0) is 9.97. The van der Waals surface area contributed by atoms with Crippen molar-refractivity contribution in [3.8, 4) is 0 Å². The standard InChI is InChI=1S/C7H7BrN4OS/c8-5-2-1-4(13-5)3-14-7-10-6(9)11-12-7/h1-2H,3H2,(H3,9,10,11,12). The highest BCUT2D eigenvalue weighted by atomic mass is 79.9. The Morgan fingerprint density at radius 1 is 1.57 bits per heavy atom. The van der Waals surface area contributed by atoms with Crippen molar-refractivity contribution in [1.82, 2.24) is 15.2 Å². The van der Waals surface area contributed by atoms with Crippen LogP contribution in [0.1, 0.15) is 5.76 Å². The average molecular weight is 275 g/mol. The molecule has 14 heavy (non-hydrogen) atoms. The van der Waals surface area contributed by atoms with Crippen LogP contribution in [0.3, 0.4) is 0 Å². The molecule has 74 valence electrons. The third kappa shape index (κ3) is 2.30. The van der Waals surface area contributed by atoms with Crippen molar-refractivity contribution < 1.29 is 4.42 Å². The van der Waals surface area contributed by atoms with Crippen molar-refractivity contribution in [2.75, 3.05) is 5.73 Å². The summed E-state index contributed by atoms with van der Waals surface area (Å²) < 4.78 is 6.04. The topological polar surface area (TPSA) is 80.7 Å². The van der Waals surface area contributed by atoms with Crippen LogP contribution < -0.4 is 5.73 Å². The van der Waals surface area contributed by atoms with Crippen molar-refractivity contribution in [1.29, 1.82) is 0 Å². The molecule has 0 aliphatic carbocycles. The summed E-state index contributed by atoms with van der Waals surface area (Å²) in [5, 5.41) is 7.07. The largest absolute Gasteiger partial charge is 0.453 e. The summed E-state index contributed by atoms with van der Waals surface area (Å²) in [4.78, 5) is 3.95. The summed E-state index contributed by atoms with van der Waals surface area (Å²) in [6.45, 7) is 0. The average Bonchev–Trinajstić information content (AvgIpc) is 2.72. The van der Waals surface area contributed by atoms with Crippen LogP contribution in [-0.4, -0.2) is 15.2 Å². The van der Waals surface area contributed by atoms with E-state index in [1.165, 1.54) is 11.8 Å². The van der Waals surface area contributed by atoms with Crippen LogP contribution in [0.5, 0.6) is 0 Å². The van der Waals surface area contributed by atoms with Crippen LogP contribution in [-0.2, 0) is 5.75 Å². The maximum absolute atomic E-state index is 5.38. The number of thioether (sulfide) groups is 1. The summed E-state index contributed by atoms with van der Waals surface area (Å²) in [5.41, 5.74) is 5.38. The number of nitrogens with one attached hydrogen (secondary N) is 1. The van der Waals surface area contributed by atoms with Gasteiger partial charge < -0.3 is 10.2 Å². The van der Waals surface area contributed by atoms with Gasteiger partial charge in [0.15, 0.2) is 4.67 Å². The molecule has 0 aliphatic heterocycles. The minimum absolute atomic E-state index is 0.327. The van der Waals surface area contributed by atoms with Gasteiger partial charge in [0.2, 0.25) is 11.1 Å². The minimum atomic E-state index is 0.327. The molecular weight excluding hydrogens is 268 g/mol. The van der Waals surface area contributed by atoms with E-state index in [-0.39, 0.29) is 0 Å². The minimum Gasteiger partial charge on any atom is -0.453 e. The Morgan fingerprint density at radius 2 is 2.43 bits per heavy atom. The molecule has 2 heterocycles. The summed E-state index contributed by atoms with van der Waals surface area (Å²) >= 11 is 4.69. The Bertz CT molecular complexity index is 387. The highest BCUT2D eigenvalue weighted by Crippen LogP contribution is 2.22. The predicted molar refractivity (Wildman–Crippen MR) is 56.8 cm³/mol. The smallest absolute Gasteiger partial charge is 0.216 e. The van der Waals surface area contributed by atoms with Gasteiger partial charge in [-0.15, -0.1) is 5.10 Å². The van der Waals surface area contributed by atoms with E-state index in [1.54, 1.807) is 0 Å². The van der Waals surface area contributed by atoms with Crippen LogP contribution in [0.4, 0.5) is 5.95 Å². The molecule has 0 unspecified atom stereocenters. The molecule has 3 N–H and O–H groups in total. The number of anilines is 1. The normalized spacial score (nSPS) is 10.6. The van der Waals surface area contributed by atoms with Gasteiger partial charge in [-0.25, -0.2) is 5.10 Å². The van der Waals surface area contributed by atoms with Crippen LogP contribution >= 0.6 is 27.7 Å². The van der Waals surface area contributed by atoms with Gasteiger partial charge in [-0.05, 0) is 28.1 Å². The second kappa shape index (κ2) is 4.05. The number of nitrogen functional groups attached to an aromatic ring is 1. The van der Waals surface area contributed by atoms with E-state index in [2.05, 4.69) is 31.1 Å². The highest BCUT2D eigenvalue weighted by molar-refractivity contribution is 9.10. The number of furan rings is 1. The Kier molecular flexibility index (Phi) is 2.78. The van der Waals surface area contributed by atoms with Gasteiger partial charge in [-0.1, -0.05) is 11.8 Å². The van der Waals surface area contributed by atoms with Crippen LogP contribution in [0.2, 0.25) is 0 Å². The van der Waals surface area contributed by atoms with Gasteiger partial charge in [0.05, 0.1) is 5.75 Å². The zero-order valence-electron chi connectivity index (χ0n) is 7.03. The summed E-state index contributed by atoms with van der Waals surface area (Å²) in [6, 6.07) is 3.75. The van der Waals surface area contributed by atoms with Crippen LogP contribution in [0, 0.1) is 0 Å². The van der Waals surface area contributed by atoms with E-state index in [1.807, 2.05) is 12.1 Å². The molecule has 0 saturated heterocycles. The molecule has 2 aromatic heterocycles. The van der Waals surface area contributed by atoms with Crippen LogP contribution in [0.15, 0.2) is 26.4 Å². The SMILES string of the molecule is Nc1nc(SCc2ccc(Br)o2)n[nH]1. The molecule has 5 nitrogen and oxygen atoms in total. The van der Waals surface area contributed by atoms with Crippen molar-refractivity contribution >= 4 is 33.6 Å². The number of H-pyrrole nitrogens is 1. The number of hydrogen-bond donors (Lipinski definition) is 2. The van der Waals surface area contributed by atoms with Crippen molar-refractivity contribution in [3.63, 3.8) is 0 Å². The van der Waals surface area contributed by atoms with Crippen molar-refractivity contribution in [2.24, 2.45) is 0 Å². The molecule has 0 aromatic carbocycles. The van der Waals surface area contributed by atoms with Gasteiger partial charge in [-0.2, -0.15) is 4.98 Å². The first-order valence-corrected chi connectivity index (χ1v) is 5.57. The first-order valence-electron chi connectivity index (χ1n) is 3.79. The lowest BCUT2D eigenvalue weighted by molar-refractivity contribution is 0.506. The molecule has 0 aliphatic rings. The molecule has 0 bridgehead atoms. The summed E-state index contributed by atoms with van der Waals surface area (Å²) in [7, 11) is 0. The lowest BCUT2D eigenvalue weighted by Crippen LogP contribution is -1.85. The first-order chi connectivity index (χ1) is 6.74. The lowest BCUT2D eigenvalue weighted by Gasteiger charge is -1.91. The fraction of sp³-hybridized carbons (Fsp3) is 0.143. The third-order valence-corrected chi connectivity index (χ3v) is 2.75. The van der Waals surface area contributed by atoms with Crippen LogP contribution in [0.25, 0.3) is 0 Å². The molecule has 2 rings (SSSR count). The van der Waals surface area contributed by atoms with E-state index in [0.717, 1.165) is 10.4 Å². The Hall–Kier alpha value is -0.950. The number of halogens is 1. The molecular formula is C7H7BrN4OS. The summed E-state index contributed by atoms with van der Waals surface area (Å²) in [5.74, 6) is 1.88. The first kappa shape index (κ1) is 9.60. The zero-order valence-corrected chi connectivity index (χ0v) is 9.43. The van der Waals surface area contributed by atoms with Gasteiger partial charge in [0, 0.05) is 0 Å². The number of rotatable bonds is 3. The molecule has 7 heteroatoms. The van der Waals surface area contributed by atoms with Crippen molar-refractivity contribution in [2.45, 2.75) is 10.9 Å². The quantitative estimate of drug-likeness (QED) is 0.838. The predicted octanol–water partition coefficient (Wildman–Crippen LogP) is 2.03. The number of aromatic amines is 1. The number of hydrogen-bond acceptors (Lipinski definition) is 5. The van der Waals surface area contributed by atoms with Gasteiger partial charge in [-0.3, -0.25) is 0 Å². The molecule has 0 spiro atoms. The maximum atomic E-state index is 5.38. The van der Waals surface area contributed by atoms with E-state index in [4.69, 9.17) is 10.2 Å². The molecule has 0 amide bonds. The van der Waals surface area contributed by atoms with Gasteiger partial charge in [0.25, 0.3) is 0 Å². The van der Waals surface area contributed by atoms with E-state index < -0.39 is 0 Å². The molecule has 0 atom stereocenters. The Morgan fingerprint density at radius 3 is 3.00 bits per heavy atom. The van der Waals surface area contributed by atoms with Gasteiger partial charge in [0.1, 0.15) is 5.76 Å². The highest BCUT2D eigenvalue weighted by Gasteiger charge is 2.04. The van der Waals surface area contributed by atoms with E-state index in [0.29, 0.717) is 16.9 Å². The fourth-order valence-electron chi connectivity index (χ4n) is 0.888. The number of nitrogens with two attached hydrogens (primary N) is 1. The fourth-order valence-corrected chi connectivity index (χ4v) is 1.93. The Balaban J connectivity index is 1.94. The maximum Gasteiger partial charge on any atom is 0.216 e. The summed E-state index contributed by atoms with van der Waals surface area (Å²) in [6.07, 6.45) is 0. The molecule has 0 saturated carbocycles. The van der Waals surface area contributed by atoms with E-state index in [9.17, 15) is 0 Å². The lowest BCUT2D eigenvalue weighted by atomic mass is 10.5. The molecule has 0 radical (unpaired) electrons. The van der Waals surface area contributed by atoms with E-state index >= 15 is 0 Å². The second-order valence-corrected chi connectivity index (χ2v) is 4.22. The van der Waals surface area contributed by atoms with Gasteiger partial charge >= 0.3 is 0 Å². The molecule has 0 fully saturated rings. The van der Waals surface area contributed by atoms with Crippen molar-refractivity contribution in [3.05, 3.63) is 22.6 Å². The number of aromatic nitrogens is 3. The number of nitrogens with zero attached hydrogens (tertiary/aromatic N) is 2. The monoisotopic (exact) mass is 274 g/mol. The third-order valence-electron chi connectivity index (χ3n) is 1.45.